The van der Waals surface area contributed by atoms with Gasteiger partial charge in [-0.2, -0.15) is 6.07 Å². The fraction of sp³-hybridized carbons (Fsp3) is 0. The van der Waals surface area contributed by atoms with Gasteiger partial charge in [-0.1, -0.05) is 17.8 Å². The van der Waals surface area contributed by atoms with Gasteiger partial charge in [0.15, 0.2) is 0 Å². The Balaban J connectivity index is 0.000000810. The number of nitrogen functional groups attached to an aromatic ring is 1. The number of para-hydroxylation sites is 1. The van der Waals surface area contributed by atoms with E-state index in [0.29, 0.717) is 11.3 Å². The van der Waals surface area contributed by atoms with E-state index in [-0.39, 0.29) is 32.7 Å². The van der Waals surface area contributed by atoms with Crippen molar-refractivity contribution in [1.82, 2.24) is 0 Å². The smallest absolute Gasteiger partial charge is 0.0646 e. The van der Waals surface area contributed by atoms with Gasteiger partial charge in [-0.05, 0) is 0 Å². The molecular weight excluding hydrogens is 203 g/mol. The van der Waals surface area contributed by atoms with Gasteiger partial charge in [-0.15, -0.1) is 11.6 Å². The largest absolute Gasteiger partial charge is 0.449 e. The Kier molecular flexibility index (Phi) is 4.49. The molecule has 0 saturated carbocycles. The van der Waals surface area contributed by atoms with E-state index in [1.807, 2.05) is 0 Å². The molecule has 0 saturated heterocycles. The van der Waals surface area contributed by atoms with Crippen molar-refractivity contribution in [2.45, 2.75) is 0 Å². The zero-order chi connectivity index (χ0) is 6.69. The van der Waals surface area contributed by atoms with E-state index >= 15 is 0 Å². The fourth-order valence-electron chi connectivity index (χ4n) is 0.590. The average molecular weight is 209 g/mol. The number of hydrogen-bond donors (Lipinski definition) is 1. The maximum absolute atomic E-state index is 10.0. The molecule has 1 radical (unpaired) electrons. The molecule has 0 spiro atoms. The minimum atomic E-state index is 0. The monoisotopic (exact) mass is 209 g/mol. The molecule has 0 heterocycles. The Labute approximate surface area is 84.7 Å². The maximum atomic E-state index is 10.0. The van der Waals surface area contributed by atoms with Crippen molar-refractivity contribution in [3.8, 4) is 0 Å². The molecule has 1 rings (SSSR count). The molecule has 49 valence electrons. The van der Waals surface area contributed by atoms with Crippen LogP contribution in [0.3, 0.4) is 0 Å². The standard InChI is InChI=1S/C7H6NO.Y/c8-7-4-2-1-3-6(7)5-9;/h1-4H,8H2;/q-1;. The number of carbonyl (C=O) groups excluding carboxylic acids is 1. The third-order valence-electron chi connectivity index (χ3n) is 1.07. The Morgan fingerprint density at radius 2 is 1.90 bits per heavy atom. The Bertz CT molecular complexity index is 225. The summed E-state index contributed by atoms with van der Waals surface area (Å²) in [6.07, 6.45) is 1.72. The van der Waals surface area contributed by atoms with Crippen molar-refractivity contribution in [2.24, 2.45) is 0 Å². The maximum Gasteiger partial charge on any atom is 0.0646 e. The Morgan fingerprint density at radius 3 is 2.30 bits per heavy atom. The number of benzene rings is 1. The number of hydrogen-bond acceptors (Lipinski definition) is 2. The number of nitrogens with two attached hydrogens (primary N) is 1. The third-order valence-corrected chi connectivity index (χ3v) is 1.07. The minimum Gasteiger partial charge on any atom is -0.449 e. The first-order valence-electron chi connectivity index (χ1n) is 2.57. The van der Waals surface area contributed by atoms with E-state index in [9.17, 15) is 4.79 Å². The van der Waals surface area contributed by atoms with Crippen LogP contribution in [0.1, 0.15) is 5.56 Å². The summed E-state index contributed by atoms with van der Waals surface area (Å²) in [5, 5.41) is 0. The summed E-state index contributed by atoms with van der Waals surface area (Å²) in [5.74, 6) is 0. The zero-order valence-electron chi connectivity index (χ0n) is 5.37. The van der Waals surface area contributed by atoms with Crippen molar-refractivity contribution in [2.75, 3.05) is 5.73 Å². The average Bonchev–Trinajstić information content (AvgIpc) is 1.89. The van der Waals surface area contributed by atoms with Gasteiger partial charge in [0.1, 0.15) is 0 Å². The van der Waals surface area contributed by atoms with E-state index in [0.717, 1.165) is 0 Å². The van der Waals surface area contributed by atoms with Gasteiger partial charge in [-0.3, -0.25) is 0 Å². The summed E-state index contributed by atoms with van der Waals surface area (Å²) in [4.78, 5) is 10.0. The van der Waals surface area contributed by atoms with Gasteiger partial charge in [-0.25, -0.2) is 0 Å². The van der Waals surface area contributed by atoms with Crippen LogP contribution in [0.15, 0.2) is 24.3 Å². The van der Waals surface area contributed by atoms with Gasteiger partial charge < -0.3 is 10.5 Å². The fourth-order valence-corrected chi connectivity index (χ4v) is 0.590. The van der Waals surface area contributed by atoms with Crippen LogP contribution in [0.2, 0.25) is 0 Å². The van der Waals surface area contributed by atoms with Gasteiger partial charge >= 0.3 is 0 Å². The second kappa shape index (κ2) is 4.58. The van der Waals surface area contributed by atoms with Gasteiger partial charge in [0, 0.05) is 32.7 Å². The van der Waals surface area contributed by atoms with Crippen molar-refractivity contribution in [3.05, 3.63) is 29.8 Å². The van der Waals surface area contributed by atoms with Crippen LogP contribution in [0, 0.1) is 0 Å². The Morgan fingerprint density at radius 1 is 1.30 bits per heavy atom. The predicted octanol–water partition coefficient (Wildman–Crippen LogP) is 0.724. The molecule has 0 atom stereocenters. The van der Waals surface area contributed by atoms with E-state index in [2.05, 4.69) is 0 Å². The second-order valence-electron chi connectivity index (χ2n) is 1.69. The summed E-state index contributed by atoms with van der Waals surface area (Å²) in [6, 6.07) is 6.81. The van der Waals surface area contributed by atoms with Crippen LogP contribution in [0.4, 0.5) is 5.69 Å². The van der Waals surface area contributed by atoms with Crippen LogP contribution in [0.5, 0.6) is 0 Å². The molecule has 1 aromatic carbocycles. The SMILES string of the molecule is Nc1ccccc1[C-]=O.[Y]. The van der Waals surface area contributed by atoms with Gasteiger partial charge in [0.05, 0.1) is 6.29 Å². The molecule has 0 aromatic heterocycles. The molecule has 0 bridgehead atoms. The molecule has 0 aliphatic heterocycles. The number of anilines is 1. The van der Waals surface area contributed by atoms with Crippen LogP contribution in [0.25, 0.3) is 0 Å². The zero-order valence-corrected chi connectivity index (χ0v) is 8.21. The van der Waals surface area contributed by atoms with Crippen molar-refractivity contribution in [3.63, 3.8) is 0 Å². The van der Waals surface area contributed by atoms with Crippen molar-refractivity contribution in [1.29, 1.82) is 0 Å². The first-order chi connectivity index (χ1) is 4.34. The molecule has 0 aliphatic rings. The Hall–Kier alpha value is -0.206. The molecule has 0 aliphatic carbocycles. The van der Waals surface area contributed by atoms with Crippen LogP contribution >= 0.6 is 0 Å². The molecule has 10 heavy (non-hydrogen) atoms. The minimum absolute atomic E-state index is 0. The first-order valence-corrected chi connectivity index (χ1v) is 2.57. The van der Waals surface area contributed by atoms with Gasteiger partial charge in [0.25, 0.3) is 0 Å². The summed E-state index contributed by atoms with van der Waals surface area (Å²) in [6.45, 7) is 0. The third kappa shape index (κ3) is 2.20. The predicted molar refractivity (Wildman–Crippen MR) is 35.6 cm³/mol. The first kappa shape index (κ1) is 9.79. The molecule has 2 nitrogen and oxygen atoms in total. The van der Waals surface area contributed by atoms with E-state index in [4.69, 9.17) is 5.73 Å². The normalized spacial score (nSPS) is 8.00. The summed E-state index contributed by atoms with van der Waals surface area (Å²) in [7, 11) is 0. The second-order valence-corrected chi connectivity index (χ2v) is 1.69. The molecule has 1 aromatic rings. The van der Waals surface area contributed by atoms with E-state index in [1.54, 1.807) is 30.6 Å². The van der Waals surface area contributed by atoms with Crippen LogP contribution < -0.4 is 5.73 Å². The quantitative estimate of drug-likeness (QED) is 0.547. The summed E-state index contributed by atoms with van der Waals surface area (Å²) < 4.78 is 0. The van der Waals surface area contributed by atoms with Crippen LogP contribution in [-0.4, -0.2) is 6.29 Å². The molecule has 0 fully saturated rings. The molecule has 0 unspecified atom stereocenters. The van der Waals surface area contributed by atoms with E-state index < -0.39 is 0 Å². The topological polar surface area (TPSA) is 43.1 Å². The van der Waals surface area contributed by atoms with E-state index in [1.165, 1.54) is 0 Å². The summed E-state index contributed by atoms with van der Waals surface area (Å²) in [5.41, 5.74) is 6.28. The molecule has 0 amide bonds. The van der Waals surface area contributed by atoms with Crippen LogP contribution in [-0.2, 0) is 37.5 Å². The number of rotatable bonds is 1. The van der Waals surface area contributed by atoms with Crippen molar-refractivity contribution >= 4 is 12.0 Å². The molecular formula is C7H6NOY-. The molecule has 3 heteroatoms. The molecule has 2 N–H and O–H groups in total. The van der Waals surface area contributed by atoms with Gasteiger partial charge in [0.2, 0.25) is 0 Å². The van der Waals surface area contributed by atoms with Crippen molar-refractivity contribution < 1.29 is 37.5 Å². The summed E-state index contributed by atoms with van der Waals surface area (Å²) >= 11 is 0.